The zero-order valence-electron chi connectivity index (χ0n) is 28.1. The first-order valence-electron chi connectivity index (χ1n) is 16.1. The highest BCUT2D eigenvalue weighted by atomic mass is 16.5. The molecule has 8 bridgehead atoms. The van der Waals surface area contributed by atoms with Crippen LogP contribution in [0.2, 0.25) is 0 Å². The second-order valence-corrected chi connectivity index (χ2v) is 12.2. The van der Waals surface area contributed by atoms with E-state index in [2.05, 4.69) is 82.7 Å². The van der Waals surface area contributed by atoms with Gasteiger partial charge in [0.05, 0.1) is 42.6 Å². The van der Waals surface area contributed by atoms with Crippen LogP contribution in [0.25, 0.3) is 44.9 Å². The molecule has 5 heterocycles. The van der Waals surface area contributed by atoms with Gasteiger partial charge in [0.1, 0.15) is 0 Å². The molecule has 1 amide bonds. The number of carbonyl (C=O) groups excluding carboxylic acids is 1. The molecule has 5 rings (SSSR count). The molecule has 0 atom stereocenters. The topological polar surface area (TPSA) is 107 Å². The number of amides is 1. The number of nitrogens with zero attached hydrogens (tertiary/aromatic N) is 3. The van der Waals surface area contributed by atoms with E-state index in [1.807, 2.05) is 0 Å². The average molecular weight is 610 g/mol. The third-order valence-electron chi connectivity index (χ3n) is 9.37. The Labute approximate surface area is 266 Å². The van der Waals surface area contributed by atoms with Gasteiger partial charge in [-0.15, -0.1) is 0 Å². The van der Waals surface area contributed by atoms with E-state index in [0.29, 0.717) is 26.0 Å². The van der Waals surface area contributed by atoms with Crippen LogP contribution in [0, 0.1) is 20.8 Å². The number of hydrogen-bond donors (Lipinski definition) is 3. The number of nitrogens with one attached hydrogen (secondary N) is 2. The van der Waals surface area contributed by atoms with Gasteiger partial charge in [0.15, 0.2) is 0 Å². The van der Waals surface area contributed by atoms with E-state index >= 15 is 0 Å². The first kappa shape index (κ1) is 32.4. The highest BCUT2D eigenvalue weighted by molar-refractivity contribution is 5.95. The second kappa shape index (κ2) is 13.5. The number of allylic oxidation sites excluding steroid dienone is 3. The highest BCUT2D eigenvalue weighted by Crippen LogP contribution is 2.37. The number of ether oxygens (including phenoxy) is 1. The molecule has 238 valence electrons. The Balaban J connectivity index is 1.70. The number of fused-ring (bicyclic) bond motifs is 8. The van der Waals surface area contributed by atoms with Crippen molar-refractivity contribution >= 4 is 50.8 Å². The van der Waals surface area contributed by atoms with Gasteiger partial charge in [-0.05, 0) is 117 Å². The molecule has 2 aliphatic rings. The Kier molecular flexibility index (Phi) is 9.75. The lowest BCUT2D eigenvalue weighted by molar-refractivity contribution is -0.130. The summed E-state index contributed by atoms with van der Waals surface area (Å²) in [5.74, 6) is 0.0509. The van der Waals surface area contributed by atoms with Crippen LogP contribution in [0.5, 0.6) is 0 Å². The Morgan fingerprint density at radius 3 is 2.11 bits per heavy atom. The Bertz CT molecular complexity index is 1860. The maximum absolute atomic E-state index is 13.1. The summed E-state index contributed by atoms with van der Waals surface area (Å²) in [6.07, 6.45) is 4.92. The number of hydrogen-bond acceptors (Lipinski definition) is 5. The number of aryl methyl sites for hydroxylation is 4. The first-order chi connectivity index (χ1) is 21.6. The number of aliphatic hydroxyl groups excluding tert-OH is 1. The molecule has 0 aliphatic carbocycles. The molecule has 2 aliphatic heterocycles. The summed E-state index contributed by atoms with van der Waals surface area (Å²) >= 11 is 0. The summed E-state index contributed by atoms with van der Waals surface area (Å²) < 4.78 is 5.36. The summed E-state index contributed by atoms with van der Waals surface area (Å²) in [6, 6.07) is 6.58. The molecule has 0 unspecified atom stereocenters. The van der Waals surface area contributed by atoms with Crippen LogP contribution in [-0.4, -0.2) is 69.3 Å². The fourth-order valence-corrected chi connectivity index (χ4v) is 6.49. The van der Waals surface area contributed by atoms with Gasteiger partial charge in [-0.2, -0.15) is 0 Å². The van der Waals surface area contributed by atoms with Crippen LogP contribution in [-0.2, 0) is 22.4 Å². The van der Waals surface area contributed by atoms with Crippen molar-refractivity contribution in [3.05, 3.63) is 68.8 Å². The molecule has 3 N–H and O–H groups in total. The highest BCUT2D eigenvalue weighted by Gasteiger charge is 2.23. The number of likely N-dealkylation sites (N-methyl/N-ethyl adjacent to an activating group) is 1. The fourth-order valence-electron chi connectivity index (χ4n) is 6.49. The van der Waals surface area contributed by atoms with Crippen LogP contribution in [0.1, 0.15) is 91.1 Å². The van der Waals surface area contributed by atoms with Crippen LogP contribution < -0.4 is 0 Å². The molecule has 0 fully saturated rings. The Hall–Kier alpha value is -4.01. The van der Waals surface area contributed by atoms with E-state index in [1.54, 1.807) is 11.9 Å². The van der Waals surface area contributed by atoms with Gasteiger partial charge in [-0.3, -0.25) is 4.79 Å². The summed E-state index contributed by atoms with van der Waals surface area (Å²) in [7, 11) is 1.80. The summed E-state index contributed by atoms with van der Waals surface area (Å²) in [5.41, 5.74) is 17.4. The van der Waals surface area contributed by atoms with E-state index < -0.39 is 0 Å². The van der Waals surface area contributed by atoms with Crippen molar-refractivity contribution in [2.24, 2.45) is 0 Å². The maximum Gasteiger partial charge on any atom is 0.222 e. The van der Waals surface area contributed by atoms with Crippen molar-refractivity contribution in [2.75, 3.05) is 33.4 Å². The van der Waals surface area contributed by atoms with E-state index in [4.69, 9.17) is 19.8 Å². The van der Waals surface area contributed by atoms with Crippen molar-refractivity contribution in [3.8, 4) is 0 Å². The van der Waals surface area contributed by atoms with Crippen molar-refractivity contribution < 1.29 is 14.6 Å². The van der Waals surface area contributed by atoms with E-state index in [1.165, 1.54) is 22.3 Å². The lowest BCUT2D eigenvalue weighted by Gasteiger charge is -2.17. The zero-order valence-corrected chi connectivity index (χ0v) is 28.1. The van der Waals surface area contributed by atoms with Crippen LogP contribution in [0.15, 0.2) is 18.2 Å². The minimum absolute atomic E-state index is 0.0240. The molecular weight excluding hydrogens is 562 g/mol. The second-order valence-electron chi connectivity index (χ2n) is 12.2. The zero-order chi connectivity index (χ0) is 32.4. The van der Waals surface area contributed by atoms with E-state index in [0.717, 1.165) is 80.0 Å². The van der Waals surface area contributed by atoms with Gasteiger partial charge in [-0.25, -0.2) is 9.97 Å². The molecule has 0 saturated heterocycles. The molecule has 8 heteroatoms. The largest absolute Gasteiger partial charge is 0.394 e. The molecule has 0 saturated carbocycles. The molecule has 0 radical (unpaired) electrons. The number of carbonyl (C=O) groups is 1. The van der Waals surface area contributed by atoms with E-state index in [9.17, 15) is 4.79 Å². The molecule has 0 spiro atoms. The number of aliphatic hydroxyl groups is 1. The van der Waals surface area contributed by atoms with Crippen LogP contribution >= 0.6 is 0 Å². The van der Waals surface area contributed by atoms with Gasteiger partial charge in [0.2, 0.25) is 5.91 Å². The first-order valence-corrected chi connectivity index (χ1v) is 16.1. The fraction of sp³-hybridized carbons (Fsp3) is 0.432. The molecular formula is C37H47N5O3. The van der Waals surface area contributed by atoms with Crippen molar-refractivity contribution in [1.29, 1.82) is 0 Å². The Morgan fingerprint density at radius 1 is 0.844 bits per heavy atom. The number of aromatic amines is 2. The van der Waals surface area contributed by atoms with Gasteiger partial charge < -0.3 is 24.7 Å². The summed E-state index contributed by atoms with van der Waals surface area (Å²) in [5, 5.41) is 8.95. The van der Waals surface area contributed by atoms with Crippen molar-refractivity contribution in [3.63, 3.8) is 0 Å². The minimum atomic E-state index is -0.0240. The standard InChI is InChI=1S/C37H47N5O3/c1-9-26-23(5)32-20-35-27(10-2)22(4)31(39-35)19-33-24(6)28(11-12-36(44)42(8)13-15-45-16-14-43)37(41-33)25(7)30-17-21(3)29(38-30)18-34(26)40-32/h17-20,39-40,43H,9-16H2,1-8H3. The van der Waals surface area contributed by atoms with Crippen molar-refractivity contribution in [2.45, 2.75) is 74.1 Å². The number of aromatic nitrogens is 4. The molecule has 3 aromatic rings. The normalized spacial score (nSPS) is 13.0. The minimum Gasteiger partial charge on any atom is -0.394 e. The van der Waals surface area contributed by atoms with Gasteiger partial charge >= 0.3 is 0 Å². The lowest BCUT2D eigenvalue weighted by Crippen LogP contribution is -2.30. The van der Waals surface area contributed by atoms with Crippen LogP contribution in [0.4, 0.5) is 0 Å². The van der Waals surface area contributed by atoms with Crippen LogP contribution in [0.3, 0.4) is 0 Å². The number of H-pyrrole nitrogens is 2. The van der Waals surface area contributed by atoms with Gasteiger partial charge in [0, 0.05) is 47.6 Å². The molecule has 3 aromatic heterocycles. The summed E-state index contributed by atoms with van der Waals surface area (Å²) in [4.78, 5) is 32.5. The van der Waals surface area contributed by atoms with Crippen molar-refractivity contribution in [1.82, 2.24) is 24.8 Å². The van der Waals surface area contributed by atoms with Gasteiger partial charge in [-0.1, -0.05) is 13.8 Å². The Morgan fingerprint density at radius 2 is 1.47 bits per heavy atom. The monoisotopic (exact) mass is 609 g/mol. The van der Waals surface area contributed by atoms with Gasteiger partial charge in [0.25, 0.3) is 0 Å². The molecule has 0 aromatic carbocycles. The number of rotatable bonds is 10. The quantitative estimate of drug-likeness (QED) is 0.213. The lowest BCUT2D eigenvalue weighted by atomic mass is 9.98. The predicted molar refractivity (Wildman–Crippen MR) is 185 cm³/mol. The SMILES string of the molecule is CCc1c(C)c2cc3[nH]c(cc4nc(c(C)c5nc(cc1[nH]2)C(C)=C5)C(CCC(=O)N(C)CCOCCO)=C4C)c(C)c3CC. The molecule has 45 heavy (non-hydrogen) atoms. The molecule has 8 nitrogen and oxygen atoms in total. The average Bonchev–Trinajstić information content (AvgIpc) is 3.72. The predicted octanol–water partition coefficient (Wildman–Crippen LogP) is 7.10. The third-order valence-corrected chi connectivity index (χ3v) is 9.37. The smallest absolute Gasteiger partial charge is 0.222 e. The summed E-state index contributed by atoms with van der Waals surface area (Å²) in [6.45, 7) is 16.2. The van der Waals surface area contributed by atoms with E-state index in [-0.39, 0.29) is 19.1 Å². The maximum atomic E-state index is 13.1. The third kappa shape index (κ3) is 6.40.